The van der Waals surface area contributed by atoms with Crippen LogP contribution in [-0.2, 0) is 6.18 Å². The Balaban J connectivity index is 2.04. The number of Topliss-reactive ketones (excluding diaryl/α,β-unsaturated/α-hetero) is 1. The third-order valence-corrected chi connectivity index (χ3v) is 3.71. The van der Waals surface area contributed by atoms with E-state index < -0.39 is 16.6 Å². The smallest absolute Gasteiger partial charge is 0.416 e. The van der Waals surface area contributed by atoms with Crippen molar-refractivity contribution in [2.45, 2.75) is 23.9 Å². The number of furan rings is 1. The van der Waals surface area contributed by atoms with Crippen molar-refractivity contribution in [3.63, 3.8) is 0 Å². The van der Waals surface area contributed by atoms with Crippen molar-refractivity contribution in [1.82, 2.24) is 0 Å². The first kappa shape index (κ1) is 12.5. The van der Waals surface area contributed by atoms with E-state index in [0.717, 1.165) is 12.1 Å². The largest absolute Gasteiger partial charge is 0.453 e. The highest BCUT2D eigenvalue weighted by Crippen LogP contribution is 2.45. The van der Waals surface area contributed by atoms with E-state index >= 15 is 0 Å². The molecule has 19 heavy (non-hydrogen) atoms. The Morgan fingerprint density at radius 2 is 1.95 bits per heavy atom. The van der Waals surface area contributed by atoms with Crippen LogP contribution < -0.4 is 0 Å². The predicted octanol–water partition coefficient (Wildman–Crippen LogP) is 4.41. The maximum absolute atomic E-state index is 12.6. The fraction of sp³-hybridized carbons (Fsp3) is 0.308. The average Bonchev–Trinajstić information content (AvgIpc) is 2.93. The Hall–Kier alpha value is -1.49. The van der Waals surface area contributed by atoms with E-state index in [9.17, 15) is 18.0 Å². The molecule has 1 aromatic heterocycles. The molecule has 0 amide bonds. The zero-order chi connectivity index (χ0) is 13.8. The van der Waals surface area contributed by atoms with E-state index in [1.165, 1.54) is 12.1 Å². The van der Waals surface area contributed by atoms with Crippen molar-refractivity contribution in [1.29, 1.82) is 0 Å². The normalized spacial score (nSPS) is 17.7. The average molecular weight is 289 g/mol. The minimum absolute atomic E-state index is 0.0156. The Morgan fingerprint density at radius 1 is 1.26 bits per heavy atom. The Kier molecular flexibility index (Phi) is 2.48. The molecule has 2 aromatic rings. The molecule has 6 heteroatoms. The second-order valence-corrected chi connectivity index (χ2v) is 5.38. The highest BCUT2D eigenvalue weighted by atomic mass is 35.5. The molecule has 0 saturated heterocycles. The van der Waals surface area contributed by atoms with Crippen LogP contribution in [-0.4, -0.2) is 10.7 Å². The van der Waals surface area contributed by atoms with Gasteiger partial charge in [0, 0.05) is 5.39 Å². The summed E-state index contributed by atoms with van der Waals surface area (Å²) < 4.78 is 42.9. The number of carbonyl (C=O) groups is 1. The van der Waals surface area contributed by atoms with Gasteiger partial charge < -0.3 is 4.42 Å². The molecule has 1 fully saturated rings. The number of hydrogen-bond acceptors (Lipinski definition) is 2. The topological polar surface area (TPSA) is 30.2 Å². The van der Waals surface area contributed by atoms with Gasteiger partial charge >= 0.3 is 6.18 Å². The van der Waals surface area contributed by atoms with Gasteiger partial charge in [-0.25, -0.2) is 0 Å². The zero-order valence-electron chi connectivity index (χ0n) is 9.55. The zero-order valence-corrected chi connectivity index (χ0v) is 10.3. The van der Waals surface area contributed by atoms with Gasteiger partial charge in [-0.15, -0.1) is 11.6 Å². The second kappa shape index (κ2) is 3.76. The van der Waals surface area contributed by atoms with E-state index in [4.69, 9.17) is 16.0 Å². The predicted molar refractivity (Wildman–Crippen MR) is 63.4 cm³/mol. The summed E-state index contributed by atoms with van der Waals surface area (Å²) in [6, 6.07) is 4.41. The van der Waals surface area contributed by atoms with Gasteiger partial charge in [0.1, 0.15) is 10.5 Å². The van der Waals surface area contributed by atoms with E-state index in [0.29, 0.717) is 12.8 Å². The molecule has 1 saturated carbocycles. The maximum Gasteiger partial charge on any atom is 0.416 e. The highest BCUT2D eigenvalue weighted by Gasteiger charge is 2.49. The number of fused-ring (bicyclic) bond motifs is 1. The fourth-order valence-corrected chi connectivity index (χ4v) is 2.08. The van der Waals surface area contributed by atoms with Gasteiger partial charge in [-0.05, 0) is 37.1 Å². The summed E-state index contributed by atoms with van der Waals surface area (Å²) in [4.78, 5) is 11.0. The molecular formula is C13H8ClF3O2. The highest BCUT2D eigenvalue weighted by molar-refractivity contribution is 6.39. The van der Waals surface area contributed by atoms with Crippen LogP contribution in [0.25, 0.3) is 11.0 Å². The van der Waals surface area contributed by atoms with E-state index in [1.54, 1.807) is 0 Å². The molecular weight excluding hydrogens is 281 g/mol. The standard InChI is InChI=1S/C13H8ClF3O2/c14-12(3-4-12)11(18)10-6-7-5-8(13(15,16)17)1-2-9(7)19-10/h1-2,5-6H,3-4H2. The van der Waals surface area contributed by atoms with Gasteiger partial charge in [0.05, 0.1) is 5.56 Å². The molecule has 3 rings (SSSR count). The molecule has 1 aliphatic rings. The molecule has 1 aromatic carbocycles. The summed E-state index contributed by atoms with van der Waals surface area (Å²) in [7, 11) is 0. The lowest BCUT2D eigenvalue weighted by Crippen LogP contribution is -2.14. The lowest BCUT2D eigenvalue weighted by atomic mass is 10.1. The summed E-state index contributed by atoms with van der Waals surface area (Å²) in [6.07, 6.45) is -3.28. The fourth-order valence-electron chi connectivity index (χ4n) is 1.89. The van der Waals surface area contributed by atoms with Gasteiger partial charge in [0.2, 0.25) is 5.78 Å². The van der Waals surface area contributed by atoms with Crippen molar-refractivity contribution in [3.05, 3.63) is 35.6 Å². The SMILES string of the molecule is O=C(c1cc2cc(C(F)(F)F)ccc2o1)C1(Cl)CC1. The minimum Gasteiger partial charge on any atom is -0.453 e. The van der Waals surface area contributed by atoms with Crippen molar-refractivity contribution >= 4 is 28.4 Å². The number of halogens is 4. The lowest BCUT2D eigenvalue weighted by molar-refractivity contribution is -0.137. The van der Waals surface area contributed by atoms with Gasteiger partial charge in [-0.3, -0.25) is 4.79 Å². The Labute approximate surface area is 111 Å². The molecule has 0 spiro atoms. The summed E-state index contributed by atoms with van der Waals surface area (Å²) in [5.74, 6) is -0.347. The minimum atomic E-state index is -4.42. The summed E-state index contributed by atoms with van der Waals surface area (Å²) in [6.45, 7) is 0. The quantitative estimate of drug-likeness (QED) is 0.605. The molecule has 0 bridgehead atoms. The van der Waals surface area contributed by atoms with Crippen LogP contribution in [0, 0.1) is 0 Å². The van der Waals surface area contributed by atoms with Crippen molar-refractivity contribution in [2.75, 3.05) is 0 Å². The molecule has 2 nitrogen and oxygen atoms in total. The van der Waals surface area contributed by atoms with Crippen LogP contribution >= 0.6 is 11.6 Å². The molecule has 0 aliphatic heterocycles. The molecule has 1 heterocycles. The number of ketones is 1. The van der Waals surface area contributed by atoms with Crippen molar-refractivity contribution < 1.29 is 22.4 Å². The Bertz CT molecular complexity index is 668. The number of rotatable bonds is 2. The second-order valence-electron chi connectivity index (χ2n) is 4.66. The van der Waals surface area contributed by atoms with Crippen LogP contribution in [0.1, 0.15) is 29.0 Å². The van der Waals surface area contributed by atoms with Crippen LogP contribution in [0.3, 0.4) is 0 Å². The number of carbonyl (C=O) groups excluding carboxylic acids is 1. The molecule has 0 radical (unpaired) electrons. The van der Waals surface area contributed by atoms with Crippen LogP contribution in [0.15, 0.2) is 28.7 Å². The van der Waals surface area contributed by atoms with E-state index in [2.05, 4.69) is 0 Å². The van der Waals surface area contributed by atoms with Gasteiger partial charge in [0.25, 0.3) is 0 Å². The number of alkyl halides is 4. The summed E-state index contributed by atoms with van der Waals surface area (Å²) in [5, 5.41) is 0.249. The van der Waals surface area contributed by atoms with Crippen LogP contribution in [0.4, 0.5) is 13.2 Å². The molecule has 0 unspecified atom stereocenters. The van der Waals surface area contributed by atoms with Crippen LogP contribution in [0.2, 0.25) is 0 Å². The first-order valence-corrected chi connectivity index (χ1v) is 6.02. The van der Waals surface area contributed by atoms with Gasteiger partial charge in [-0.1, -0.05) is 0 Å². The number of benzene rings is 1. The summed E-state index contributed by atoms with van der Waals surface area (Å²) >= 11 is 5.97. The van der Waals surface area contributed by atoms with Gasteiger partial charge in [0.15, 0.2) is 5.76 Å². The molecule has 0 atom stereocenters. The molecule has 100 valence electrons. The first-order chi connectivity index (χ1) is 8.79. The Morgan fingerprint density at radius 3 is 2.53 bits per heavy atom. The molecule has 1 aliphatic carbocycles. The molecule has 0 N–H and O–H groups in total. The third kappa shape index (κ3) is 2.12. The monoisotopic (exact) mass is 288 g/mol. The summed E-state index contributed by atoms with van der Waals surface area (Å²) in [5.41, 5.74) is -0.524. The van der Waals surface area contributed by atoms with Crippen molar-refractivity contribution in [2.24, 2.45) is 0 Å². The third-order valence-electron chi connectivity index (χ3n) is 3.16. The maximum atomic E-state index is 12.6. The van der Waals surface area contributed by atoms with E-state index in [1.807, 2.05) is 0 Å². The van der Waals surface area contributed by atoms with E-state index in [-0.39, 0.29) is 22.5 Å². The van der Waals surface area contributed by atoms with Crippen LogP contribution in [0.5, 0.6) is 0 Å². The lowest BCUT2D eigenvalue weighted by Gasteiger charge is -2.04. The number of hydrogen-bond donors (Lipinski definition) is 0. The van der Waals surface area contributed by atoms with Gasteiger partial charge in [-0.2, -0.15) is 13.2 Å². The van der Waals surface area contributed by atoms with Crippen molar-refractivity contribution in [3.8, 4) is 0 Å². The first-order valence-electron chi connectivity index (χ1n) is 5.64.